The summed E-state index contributed by atoms with van der Waals surface area (Å²) in [6.45, 7) is 28.5. The maximum atomic E-state index is 13.3. The normalized spacial score (nSPS) is 13.6. The minimum absolute atomic E-state index is 0.0518. The molecule has 0 radical (unpaired) electrons. The van der Waals surface area contributed by atoms with Crippen molar-refractivity contribution >= 4 is 47.8 Å². The molecule has 20 heteroatoms. The molecule has 0 aromatic carbocycles. The number of nitrogens with zero attached hydrogens (tertiary/aromatic N) is 4. The van der Waals surface area contributed by atoms with Gasteiger partial charge in [-0.15, -0.1) is 0 Å². The van der Waals surface area contributed by atoms with Crippen LogP contribution in [-0.2, 0) is 76.3 Å². The van der Waals surface area contributed by atoms with Gasteiger partial charge in [0.1, 0.15) is 0 Å². The number of rotatable bonds is 92. The van der Waals surface area contributed by atoms with Crippen molar-refractivity contribution in [2.75, 3.05) is 131 Å². The second-order valence-electron chi connectivity index (χ2n) is 35.9. The molecule has 1 rings (SSSR count). The summed E-state index contributed by atoms with van der Waals surface area (Å²) in [6.07, 6.45) is 61.2. The van der Waals surface area contributed by atoms with E-state index in [1.54, 1.807) is 0 Å². The number of ether oxygens (including phenoxy) is 8. The van der Waals surface area contributed by atoms with Gasteiger partial charge in [-0.05, 0) is 142 Å². The lowest BCUT2D eigenvalue weighted by Crippen LogP contribution is -2.47. The summed E-state index contributed by atoms with van der Waals surface area (Å²) < 4.78 is 46.1. The number of piperazine rings is 1. The van der Waals surface area contributed by atoms with E-state index in [4.69, 9.17) is 37.9 Å². The average molecular weight is 1730 g/mol. The zero-order chi connectivity index (χ0) is 88.9. The van der Waals surface area contributed by atoms with Crippen LogP contribution >= 0.6 is 0 Å². The van der Waals surface area contributed by atoms with Crippen LogP contribution < -0.4 is 0 Å². The van der Waals surface area contributed by atoms with Crippen LogP contribution in [0.5, 0.6) is 0 Å². The lowest BCUT2D eigenvalue weighted by atomic mass is 9.94. The molecule has 0 saturated carbocycles. The molecule has 0 aromatic rings. The molecule has 1 aliphatic rings. The summed E-state index contributed by atoms with van der Waals surface area (Å²) in [6, 6.07) is 0. The van der Waals surface area contributed by atoms with Crippen molar-refractivity contribution in [3.05, 3.63) is 0 Å². The Kier molecular flexibility index (Phi) is 82.7. The van der Waals surface area contributed by atoms with Gasteiger partial charge in [-0.2, -0.15) is 0 Å². The molecular formula is C102H192N4O16. The Morgan fingerprint density at radius 3 is 0.557 bits per heavy atom. The number of carbonyl (C=O) groups is 8. The first kappa shape index (κ1) is 116. The predicted molar refractivity (Wildman–Crippen MR) is 499 cm³/mol. The molecule has 0 N–H and O–H groups in total. The van der Waals surface area contributed by atoms with Crippen LogP contribution in [0.15, 0.2) is 0 Å². The van der Waals surface area contributed by atoms with Gasteiger partial charge in [0.05, 0.1) is 102 Å². The minimum Gasteiger partial charge on any atom is -0.466 e. The van der Waals surface area contributed by atoms with Crippen molar-refractivity contribution in [1.29, 1.82) is 0 Å². The molecule has 0 aliphatic carbocycles. The van der Waals surface area contributed by atoms with Gasteiger partial charge in [0.25, 0.3) is 0 Å². The Morgan fingerprint density at radius 2 is 0.369 bits per heavy atom. The van der Waals surface area contributed by atoms with Crippen molar-refractivity contribution in [3.8, 4) is 0 Å². The summed E-state index contributed by atoms with van der Waals surface area (Å²) in [4.78, 5) is 116. The van der Waals surface area contributed by atoms with Crippen LogP contribution in [-0.4, -0.2) is 199 Å². The topological polar surface area (TPSA) is 223 Å². The molecule has 716 valence electrons. The zero-order valence-electron chi connectivity index (χ0n) is 80.6. The first-order chi connectivity index (χ1) is 59.7. The van der Waals surface area contributed by atoms with Gasteiger partial charge in [0.15, 0.2) is 0 Å². The molecule has 0 spiro atoms. The van der Waals surface area contributed by atoms with Crippen molar-refractivity contribution < 1.29 is 76.3 Å². The van der Waals surface area contributed by atoms with Gasteiger partial charge in [-0.3, -0.25) is 38.4 Å². The number of carbonyl (C=O) groups excluding carboxylic acids is 8. The number of esters is 8. The van der Waals surface area contributed by atoms with Crippen molar-refractivity contribution in [2.24, 2.45) is 23.7 Å². The van der Waals surface area contributed by atoms with Gasteiger partial charge in [-0.1, -0.05) is 312 Å². The van der Waals surface area contributed by atoms with E-state index >= 15 is 0 Å². The molecule has 1 saturated heterocycles. The Labute approximate surface area is 748 Å². The maximum Gasteiger partial charge on any atom is 0.308 e. The van der Waals surface area contributed by atoms with Gasteiger partial charge >= 0.3 is 47.8 Å². The average Bonchev–Trinajstić information content (AvgIpc) is 0.851. The van der Waals surface area contributed by atoms with Gasteiger partial charge < -0.3 is 57.5 Å². The SMILES string of the molecule is CCCCCCCCC(CCCCCC)C(=O)OCCCCOC(=O)CCN(CCCN1CCN(CCCN(CCC(=O)OCCCCOC(=O)C(CCCCCC)CCCCCCCC)CCC(=O)OCCCCOC(=O)C(CCCCCC)CCCCCCCC)CC1)CCC(=O)OCCCCOC(=O)C(CCCCCC)CCCCCCCC. The molecule has 20 nitrogen and oxygen atoms in total. The standard InChI is InChI=1S/C102H192N4O16/c1-9-17-25-33-37-45-63-91(59-41-29-21-13-5)99(111)119-87-53-49-83-115-95(107)67-75-103(76-68-96(108)116-84-50-54-88-120-100(112)92(60-42-30-22-14-6)64-46-38-34-26-18-10-2)71-57-73-105-79-81-106(82-80-105)74-58-72-104(77-69-97(109)117-85-51-55-89-121-101(113)93(61-43-31-23-15-7)65-47-39-35-27-19-11-3)78-70-98(110)118-86-52-56-90-122-102(114)94(62-44-32-24-16-8)66-48-40-36-28-20-12-4/h91-94H,9-90H2,1-8H3. The van der Waals surface area contributed by atoms with E-state index in [2.05, 4.69) is 75.0 Å². The molecule has 1 heterocycles. The number of hydrogen-bond donors (Lipinski definition) is 0. The largest absolute Gasteiger partial charge is 0.466 e. The third-order valence-electron chi connectivity index (χ3n) is 24.7. The van der Waals surface area contributed by atoms with Gasteiger partial charge in [0.2, 0.25) is 0 Å². The highest BCUT2D eigenvalue weighted by molar-refractivity contribution is 5.74. The summed E-state index contributed by atoms with van der Waals surface area (Å²) in [7, 11) is 0. The smallest absolute Gasteiger partial charge is 0.308 e. The lowest BCUT2D eigenvalue weighted by Gasteiger charge is -2.35. The molecule has 4 atom stereocenters. The van der Waals surface area contributed by atoms with E-state index in [9.17, 15) is 38.4 Å². The number of unbranched alkanes of at least 4 members (excludes halogenated alkanes) is 36. The van der Waals surface area contributed by atoms with Crippen LogP contribution in [0.2, 0.25) is 0 Å². The molecule has 1 aliphatic heterocycles. The fourth-order valence-electron chi connectivity index (χ4n) is 16.4. The monoisotopic (exact) mass is 1730 g/mol. The van der Waals surface area contributed by atoms with Gasteiger partial charge in [-0.25, -0.2) is 0 Å². The van der Waals surface area contributed by atoms with Crippen molar-refractivity contribution in [3.63, 3.8) is 0 Å². The number of hydrogen-bond acceptors (Lipinski definition) is 20. The molecule has 4 unspecified atom stereocenters. The lowest BCUT2D eigenvalue weighted by molar-refractivity contribution is -0.150. The Bertz CT molecular complexity index is 2130. The summed E-state index contributed by atoms with van der Waals surface area (Å²) in [5.74, 6) is -1.72. The van der Waals surface area contributed by atoms with Crippen molar-refractivity contribution in [1.82, 2.24) is 19.6 Å². The van der Waals surface area contributed by atoms with E-state index in [0.29, 0.717) is 117 Å². The van der Waals surface area contributed by atoms with Crippen LogP contribution in [0, 0.1) is 23.7 Å². The molecule has 0 aromatic heterocycles. The first-order valence-corrected chi connectivity index (χ1v) is 51.9. The highest BCUT2D eigenvalue weighted by atomic mass is 16.6. The highest BCUT2D eigenvalue weighted by Crippen LogP contribution is 2.26. The Balaban J connectivity index is 3.00. The quantitative estimate of drug-likeness (QED) is 0.0313. The molecular weight excluding hydrogens is 1540 g/mol. The maximum absolute atomic E-state index is 13.3. The predicted octanol–water partition coefficient (Wildman–Crippen LogP) is 24.4. The highest BCUT2D eigenvalue weighted by Gasteiger charge is 2.26. The van der Waals surface area contributed by atoms with Crippen LogP contribution in [0.1, 0.15) is 453 Å². The Hall–Kier alpha value is -4.40. The molecule has 0 amide bonds. The summed E-state index contributed by atoms with van der Waals surface area (Å²) >= 11 is 0. The fraction of sp³-hybridized carbons (Fsp3) is 0.922. The second kappa shape index (κ2) is 87.3. The first-order valence-electron chi connectivity index (χ1n) is 51.9. The van der Waals surface area contributed by atoms with E-state index < -0.39 is 0 Å². The van der Waals surface area contributed by atoms with E-state index in [1.807, 2.05) is 0 Å². The van der Waals surface area contributed by atoms with Crippen molar-refractivity contribution in [2.45, 2.75) is 453 Å². The van der Waals surface area contributed by atoms with E-state index in [1.165, 1.54) is 128 Å². The summed E-state index contributed by atoms with van der Waals surface area (Å²) in [5, 5.41) is 0. The van der Waals surface area contributed by atoms with E-state index in [0.717, 1.165) is 232 Å². The van der Waals surface area contributed by atoms with Crippen LogP contribution in [0.25, 0.3) is 0 Å². The molecule has 122 heavy (non-hydrogen) atoms. The van der Waals surface area contributed by atoms with Crippen LogP contribution in [0.3, 0.4) is 0 Å². The third-order valence-corrected chi connectivity index (χ3v) is 24.7. The van der Waals surface area contributed by atoms with Gasteiger partial charge in [0, 0.05) is 52.4 Å². The van der Waals surface area contributed by atoms with Crippen LogP contribution in [0.4, 0.5) is 0 Å². The minimum atomic E-state index is -0.293. The molecule has 0 bridgehead atoms. The molecule has 1 fully saturated rings. The zero-order valence-corrected chi connectivity index (χ0v) is 80.6. The summed E-state index contributed by atoms with van der Waals surface area (Å²) in [5.41, 5.74) is 0. The van der Waals surface area contributed by atoms with E-state index in [-0.39, 0.29) is 124 Å². The third kappa shape index (κ3) is 71.6. The fourth-order valence-corrected chi connectivity index (χ4v) is 16.4. The Morgan fingerprint density at radius 1 is 0.205 bits per heavy atom. The second-order valence-corrected chi connectivity index (χ2v) is 35.9.